The number of likely N-dealkylation sites (N-methyl/N-ethyl adjacent to an activating group) is 1. The summed E-state index contributed by atoms with van der Waals surface area (Å²) in [6, 6.07) is 12.6. The van der Waals surface area contributed by atoms with Crippen LogP contribution in [0.4, 0.5) is 15.8 Å². The molecule has 1 fully saturated rings. The Balaban J connectivity index is 1.73. The molecule has 38 heavy (non-hydrogen) atoms. The molecule has 0 saturated carbocycles. The highest BCUT2D eigenvalue weighted by Crippen LogP contribution is 2.45. The lowest BCUT2D eigenvalue weighted by Gasteiger charge is -2.28. The number of hydrogen-bond acceptors (Lipinski definition) is 7. The number of hydrogen-bond donors (Lipinski definition) is 1. The molecule has 10 heteroatoms. The molecular formula is C28H24ClFN2O6. The molecule has 1 atom stereocenters. The van der Waals surface area contributed by atoms with Gasteiger partial charge in [0.25, 0.3) is 11.7 Å². The van der Waals surface area contributed by atoms with E-state index in [-0.39, 0.29) is 22.0 Å². The summed E-state index contributed by atoms with van der Waals surface area (Å²) in [6.45, 7) is 1.18. The first-order chi connectivity index (χ1) is 18.2. The second-order valence-corrected chi connectivity index (χ2v) is 9.24. The summed E-state index contributed by atoms with van der Waals surface area (Å²) in [5.41, 5.74) is 1.59. The van der Waals surface area contributed by atoms with E-state index in [4.69, 9.17) is 25.8 Å². The average Bonchev–Trinajstić information content (AvgIpc) is 3.19. The maximum absolute atomic E-state index is 14.0. The number of aliphatic hydroxyl groups excluding tert-OH is 1. The number of halogens is 2. The SMILES string of the molecule is COc1ccc(C2/C(=C(\O)c3ccc4c(c3)N(C)CCO4)C(=O)C(=O)N2c2ccc(F)c(Cl)c2)cc1OC. The van der Waals surface area contributed by atoms with Gasteiger partial charge in [0.1, 0.15) is 23.9 Å². The third-order valence-electron chi connectivity index (χ3n) is 6.68. The zero-order chi connectivity index (χ0) is 27.1. The predicted octanol–water partition coefficient (Wildman–Crippen LogP) is 4.95. The van der Waals surface area contributed by atoms with Crippen molar-refractivity contribution in [1.82, 2.24) is 0 Å². The van der Waals surface area contributed by atoms with E-state index in [2.05, 4.69) is 0 Å². The number of carbonyl (C=O) groups excluding carboxylic acids is 2. The summed E-state index contributed by atoms with van der Waals surface area (Å²) in [5, 5.41) is 11.3. The summed E-state index contributed by atoms with van der Waals surface area (Å²) in [7, 11) is 4.84. The highest BCUT2D eigenvalue weighted by molar-refractivity contribution is 6.51. The molecule has 0 aromatic heterocycles. The van der Waals surface area contributed by atoms with Crippen molar-refractivity contribution in [1.29, 1.82) is 0 Å². The van der Waals surface area contributed by atoms with Gasteiger partial charge in [-0.2, -0.15) is 0 Å². The van der Waals surface area contributed by atoms with Crippen LogP contribution in [-0.2, 0) is 9.59 Å². The number of ether oxygens (including phenoxy) is 3. The van der Waals surface area contributed by atoms with Crippen molar-refractivity contribution in [3.63, 3.8) is 0 Å². The second kappa shape index (κ2) is 9.90. The number of nitrogens with zero attached hydrogens (tertiary/aromatic N) is 2. The minimum atomic E-state index is -1.07. The maximum atomic E-state index is 14.0. The smallest absolute Gasteiger partial charge is 0.300 e. The van der Waals surface area contributed by atoms with Crippen LogP contribution in [0, 0.1) is 5.82 Å². The Morgan fingerprint density at radius 3 is 2.53 bits per heavy atom. The number of rotatable bonds is 5. The van der Waals surface area contributed by atoms with Gasteiger partial charge in [0.2, 0.25) is 0 Å². The first-order valence-electron chi connectivity index (χ1n) is 11.7. The molecule has 0 radical (unpaired) electrons. The van der Waals surface area contributed by atoms with Crippen LogP contribution in [0.1, 0.15) is 17.2 Å². The van der Waals surface area contributed by atoms with Gasteiger partial charge < -0.3 is 24.2 Å². The Kier molecular flexibility index (Phi) is 6.62. The molecule has 1 unspecified atom stereocenters. The number of anilines is 2. The fourth-order valence-electron chi connectivity index (χ4n) is 4.73. The standard InChI is InChI=1S/C28H24ClFN2O6/c1-31-10-11-38-21-8-5-16(12-20(21)31)26(33)24-25(15-4-9-22(36-2)23(13-15)37-3)32(28(35)27(24)34)17-6-7-19(30)18(29)14-17/h4-9,12-14,25,33H,10-11H2,1-3H3/b26-24+. The van der Waals surface area contributed by atoms with E-state index in [0.717, 1.165) is 11.8 Å². The van der Waals surface area contributed by atoms with Crippen LogP contribution < -0.4 is 24.0 Å². The van der Waals surface area contributed by atoms with Crippen LogP contribution in [-0.4, -0.2) is 51.2 Å². The molecule has 196 valence electrons. The minimum absolute atomic E-state index is 0.137. The lowest BCUT2D eigenvalue weighted by Crippen LogP contribution is -2.29. The number of aliphatic hydroxyl groups is 1. The van der Waals surface area contributed by atoms with Gasteiger partial charge in [-0.15, -0.1) is 0 Å². The summed E-state index contributed by atoms with van der Waals surface area (Å²) in [4.78, 5) is 30.0. The number of fused-ring (bicyclic) bond motifs is 1. The third-order valence-corrected chi connectivity index (χ3v) is 6.97. The number of benzene rings is 3. The summed E-state index contributed by atoms with van der Waals surface area (Å²) < 4.78 is 30.4. The highest BCUT2D eigenvalue weighted by Gasteiger charge is 2.47. The predicted molar refractivity (Wildman–Crippen MR) is 141 cm³/mol. The molecule has 3 aromatic rings. The van der Waals surface area contributed by atoms with E-state index in [1.807, 2.05) is 11.9 Å². The van der Waals surface area contributed by atoms with Gasteiger partial charge in [0, 0.05) is 18.3 Å². The second-order valence-electron chi connectivity index (χ2n) is 8.83. The molecule has 1 N–H and O–H groups in total. The van der Waals surface area contributed by atoms with Crippen molar-refractivity contribution in [3.8, 4) is 17.2 Å². The van der Waals surface area contributed by atoms with Gasteiger partial charge in [-0.1, -0.05) is 17.7 Å². The van der Waals surface area contributed by atoms with Gasteiger partial charge >= 0.3 is 0 Å². The van der Waals surface area contributed by atoms with Gasteiger partial charge in [-0.3, -0.25) is 14.5 Å². The molecule has 0 bridgehead atoms. The van der Waals surface area contributed by atoms with Crippen molar-refractivity contribution < 1.29 is 33.3 Å². The number of amides is 1. The van der Waals surface area contributed by atoms with Gasteiger partial charge in [0.05, 0.1) is 43.1 Å². The molecule has 2 aliphatic heterocycles. The Morgan fingerprint density at radius 2 is 1.82 bits per heavy atom. The lowest BCUT2D eigenvalue weighted by molar-refractivity contribution is -0.132. The molecule has 5 rings (SSSR count). The number of Topliss-reactive ketones (excluding diaryl/α,β-unsaturated/α-hetero) is 1. The van der Waals surface area contributed by atoms with Crippen LogP contribution in [0.5, 0.6) is 17.2 Å². The van der Waals surface area contributed by atoms with Crippen molar-refractivity contribution in [2.75, 3.05) is 44.2 Å². The van der Waals surface area contributed by atoms with E-state index >= 15 is 0 Å². The molecule has 1 saturated heterocycles. The van der Waals surface area contributed by atoms with Crippen molar-refractivity contribution in [2.24, 2.45) is 0 Å². The first-order valence-corrected chi connectivity index (χ1v) is 12.1. The van der Waals surface area contributed by atoms with Crippen molar-refractivity contribution >= 4 is 40.4 Å². The number of methoxy groups -OCH3 is 2. The van der Waals surface area contributed by atoms with E-state index < -0.39 is 23.5 Å². The summed E-state index contributed by atoms with van der Waals surface area (Å²) in [6.07, 6.45) is 0. The molecule has 8 nitrogen and oxygen atoms in total. The average molecular weight is 539 g/mol. The molecule has 2 aliphatic rings. The fourth-order valence-corrected chi connectivity index (χ4v) is 4.90. The monoisotopic (exact) mass is 538 g/mol. The van der Waals surface area contributed by atoms with E-state index in [1.165, 1.54) is 31.3 Å². The zero-order valence-electron chi connectivity index (χ0n) is 20.8. The van der Waals surface area contributed by atoms with E-state index in [9.17, 15) is 19.1 Å². The first kappa shape index (κ1) is 25.4. The molecule has 2 heterocycles. The normalized spacial score (nSPS) is 18.3. The Labute approximate surface area is 223 Å². The van der Waals surface area contributed by atoms with Gasteiger partial charge in [-0.05, 0) is 54.1 Å². The van der Waals surface area contributed by atoms with Crippen molar-refractivity contribution in [2.45, 2.75) is 6.04 Å². The molecule has 1 amide bonds. The Hall–Kier alpha value is -4.24. The Bertz CT molecular complexity index is 1490. The molecule has 0 spiro atoms. The third kappa shape index (κ3) is 4.18. The number of ketones is 1. The van der Waals surface area contributed by atoms with Crippen molar-refractivity contribution in [3.05, 3.63) is 82.1 Å². The van der Waals surface area contributed by atoms with Crippen LogP contribution in [0.25, 0.3) is 5.76 Å². The highest BCUT2D eigenvalue weighted by atomic mass is 35.5. The quantitative estimate of drug-likeness (QED) is 0.279. The van der Waals surface area contributed by atoms with Crippen LogP contribution >= 0.6 is 11.6 Å². The zero-order valence-corrected chi connectivity index (χ0v) is 21.6. The van der Waals surface area contributed by atoms with Gasteiger partial charge in [0.15, 0.2) is 11.5 Å². The van der Waals surface area contributed by atoms with Gasteiger partial charge in [-0.25, -0.2) is 4.39 Å². The maximum Gasteiger partial charge on any atom is 0.300 e. The van der Waals surface area contributed by atoms with E-state index in [0.29, 0.717) is 41.5 Å². The molecule has 3 aromatic carbocycles. The Morgan fingerprint density at radius 1 is 1.05 bits per heavy atom. The van der Waals surface area contributed by atoms with Crippen LogP contribution in [0.2, 0.25) is 5.02 Å². The largest absolute Gasteiger partial charge is 0.507 e. The summed E-state index contributed by atoms with van der Waals surface area (Å²) in [5.74, 6) is -1.38. The fraction of sp³-hybridized carbons (Fsp3) is 0.214. The van der Waals surface area contributed by atoms with Crippen LogP contribution in [0.15, 0.2) is 60.2 Å². The molecule has 0 aliphatic carbocycles. The minimum Gasteiger partial charge on any atom is -0.507 e. The molecular weight excluding hydrogens is 515 g/mol. The van der Waals surface area contributed by atoms with Crippen LogP contribution in [0.3, 0.4) is 0 Å². The van der Waals surface area contributed by atoms with E-state index in [1.54, 1.807) is 36.4 Å². The lowest BCUT2D eigenvalue weighted by atomic mass is 9.94. The summed E-state index contributed by atoms with van der Waals surface area (Å²) >= 11 is 6.02. The topological polar surface area (TPSA) is 88.5 Å². The number of carbonyl (C=O) groups is 2.